The van der Waals surface area contributed by atoms with Gasteiger partial charge in [-0.15, -0.1) is 5.10 Å². The van der Waals surface area contributed by atoms with E-state index >= 15 is 0 Å². The van der Waals surface area contributed by atoms with E-state index in [-0.39, 0.29) is 17.0 Å². The number of hydrogen-bond donors (Lipinski definition) is 5. The van der Waals surface area contributed by atoms with Gasteiger partial charge in [0, 0.05) is 5.82 Å². The zero-order chi connectivity index (χ0) is 16.8. The lowest BCUT2D eigenvalue weighted by Crippen LogP contribution is -2.31. The maximum atomic E-state index is 10.8. The quantitative estimate of drug-likeness (QED) is 0.391. The molecule has 1 aliphatic rings. The Morgan fingerprint density at radius 2 is 2.04 bits per heavy atom. The van der Waals surface area contributed by atoms with E-state index in [9.17, 15) is 14.8 Å². The van der Waals surface area contributed by atoms with E-state index in [1.807, 2.05) is 0 Å². The summed E-state index contributed by atoms with van der Waals surface area (Å²) in [6, 6.07) is 0. The number of anilines is 1. The van der Waals surface area contributed by atoms with E-state index < -0.39 is 32.1 Å². The zero-order valence-corrected chi connectivity index (χ0v) is 12.3. The van der Waals surface area contributed by atoms with Crippen LogP contribution in [0.15, 0.2) is 18.2 Å². The van der Waals surface area contributed by atoms with Gasteiger partial charge in [0.25, 0.3) is 0 Å². The average Bonchev–Trinajstić information content (AvgIpc) is 3.01. The van der Waals surface area contributed by atoms with Crippen LogP contribution in [0.4, 0.5) is 5.82 Å². The molecule has 0 aliphatic carbocycles. The topological polar surface area (TPSA) is 190 Å². The third-order valence-corrected chi connectivity index (χ3v) is 3.84. The molecule has 2 aromatic heterocycles. The molecule has 2 aromatic rings. The number of nitrogens with two attached hydrogens (primary N) is 1. The van der Waals surface area contributed by atoms with E-state index in [4.69, 9.17) is 20.3 Å². The predicted octanol–water partition coefficient (Wildman–Crippen LogP) is -1.89. The standard InChI is InChI=1S/C10H13N6O6P/c11-8-5-9(13-3-12-8)16(15-14-5)10-7(18)6(17)4(22-10)1-2-23(19,20)21/h1-4,6-7,10,17-18H,(H2,11,12,13)(H2,19,20,21)/b2-1+/t4-,6-,7?,10-/m1/s1. The lowest BCUT2D eigenvalue weighted by molar-refractivity contribution is -0.0329. The molecule has 0 saturated carbocycles. The first-order valence-corrected chi connectivity index (χ1v) is 8.03. The van der Waals surface area contributed by atoms with Gasteiger partial charge < -0.3 is 30.5 Å². The molecule has 12 nitrogen and oxygen atoms in total. The minimum absolute atomic E-state index is 0.0900. The van der Waals surface area contributed by atoms with Crippen LogP contribution < -0.4 is 5.73 Å². The highest BCUT2D eigenvalue weighted by molar-refractivity contribution is 7.55. The predicted molar refractivity (Wildman–Crippen MR) is 74.6 cm³/mol. The van der Waals surface area contributed by atoms with Gasteiger partial charge in [0.1, 0.15) is 24.6 Å². The van der Waals surface area contributed by atoms with E-state index in [0.717, 1.165) is 10.8 Å². The van der Waals surface area contributed by atoms with Crippen LogP contribution in [0.5, 0.6) is 0 Å². The van der Waals surface area contributed by atoms with Crippen LogP contribution in [-0.4, -0.2) is 63.3 Å². The minimum atomic E-state index is -4.42. The lowest BCUT2D eigenvalue weighted by Gasteiger charge is -2.14. The van der Waals surface area contributed by atoms with Gasteiger partial charge in [-0.1, -0.05) is 5.21 Å². The Bertz CT molecular complexity index is 804. The summed E-state index contributed by atoms with van der Waals surface area (Å²) in [6.45, 7) is 0. The normalized spacial score (nSPS) is 28.9. The molecule has 6 N–H and O–H groups in total. The largest absolute Gasteiger partial charge is 0.387 e. The summed E-state index contributed by atoms with van der Waals surface area (Å²) in [6.07, 6.45) is -2.96. The van der Waals surface area contributed by atoms with Crippen LogP contribution in [0.2, 0.25) is 0 Å². The molecule has 0 amide bonds. The number of rotatable bonds is 3. The van der Waals surface area contributed by atoms with Gasteiger partial charge in [-0.3, -0.25) is 4.57 Å². The Morgan fingerprint density at radius 1 is 1.30 bits per heavy atom. The maximum Gasteiger partial charge on any atom is 0.348 e. The van der Waals surface area contributed by atoms with Gasteiger partial charge in [0.05, 0.1) is 0 Å². The second-order valence-electron chi connectivity index (χ2n) is 4.87. The molecule has 124 valence electrons. The van der Waals surface area contributed by atoms with E-state index in [0.29, 0.717) is 5.82 Å². The smallest absolute Gasteiger partial charge is 0.348 e. The molecule has 1 unspecified atom stereocenters. The van der Waals surface area contributed by atoms with Crippen LogP contribution in [-0.2, 0) is 9.30 Å². The van der Waals surface area contributed by atoms with Gasteiger partial charge in [-0.05, 0) is 6.08 Å². The van der Waals surface area contributed by atoms with Crippen molar-refractivity contribution in [2.24, 2.45) is 0 Å². The third kappa shape index (κ3) is 2.95. The molecular weight excluding hydrogens is 331 g/mol. The van der Waals surface area contributed by atoms with Crippen molar-refractivity contribution in [2.75, 3.05) is 5.73 Å². The maximum absolute atomic E-state index is 10.8. The number of nitrogens with zero attached hydrogens (tertiary/aromatic N) is 5. The second kappa shape index (κ2) is 5.60. The van der Waals surface area contributed by atoms with Crippen molar-refractivity contribution in [1.82, 2.24) is 25.0 Å². The molecule has 3 heterocycles. The summed E-state index contributed by atoms with van der Waals surface area (Å²) in [5.41, 5.74) is 6.02. The summed E-state index contributed by atoms with van der Waals surface area (Å²) in [5, 5.41) is 27.6. The Balaban J connectivity index is 1.93. The first kappa shape index (κ1) is 15.9. The summed E-state index contributed by atoms with van der Waals surface area (Å²) < 4.78 is 17.4. The summed E-state index contributed by atoms with van der Waals surface area (Å²) in [7, 11) is -4.42. The summed E-state index contributed by atoms with van der Waals surface area (Å²) >= 11 is 0. The number of aliphatic hydroxyl groups excluding tert-OH is 2. The number of fused-ring (bicyclic) bond motifs is 1. The average molecular weight is 344 g/mol. The molecular formula is C10H13N6O6P. The molecule has 23 heavy (non-hydrogen) atoms. The number of nitrogen functional groups attached to an aromatic ring is 1. The van der Waals surface area contributed by atoms with Crippen molar-refractivity contribution in [1.29, 1.82) is 0 Å². The van der Waals surface area contributed by atoms with Crippen LogP contribution >= 0.6 is 7.60 Å². The minimum Gasteiger partial charge on any atom is -0.387 e. The fraction of sp³-hybridized carbons (Fsp3) is 0.400. The SMILES string of the molecule is Nc1ncnc2c1nnn2[C@@H]1O[C@H](/C=C/P(=O)(O)O)[C@@H](O)C1O. The lowest BCUT2D eigenvalue weighted by atomic mass is 10.1. The Hall–Kier alpha value is -1.95. The summed E-state index contributed by atoms with van der Waals surface area (Å²) in [5.74, 6) is 0.683. The highest BCUT2D eigenvalue weighted by Gasteiger charge is 2.44. The molecule has 13 heteroatoms. The number of ether oxygens (including phenoxy) is 1. The first-order valence-electron chi connectivity index (χ1n) is 6.35. The first-order chi connectivity index (χ1) is 10.8. The number of aromatic nitrogens is 5. The van der Waals surface area contributed by atoms with Crippen molar-refractivity contribution in [3.05, 3.63) is 18.2 Å². The van der Waals surface area contributed by atoms with Gasteiger partial charge in [0.2, 0.25) is 0 Å². The van der Waals surface area contributed by atoms with Crippen LogP contribution in [0, 0.1) is 0 Å². The van der Waals surface area contributed by atoms with Gasteiger partial charge in [0.15, 0.2) is 23.2 Å². The van der Waals surface area contributed by atoms with Crippen LogP contribution in [0.3, 0.4) is 0 Å². The molecule has 0 spiro atoms. The van der Waals surface area contributed by atoms with Crippen molar-refractivity contribution in [2.45, 2.75) is 24.5 Å². The van der Waals surface area contributed by atoms with Crippen LogP contribution in [0.1, 0.15) is 6.23 Å². The summed E-state index contributed by atoms with van der Waals surface area (Å²) in [4.78, 5) is 25.3. The molecule has 1 fully saturated rings. The van der Waals surface area contributed by atoms with Crippen molar-refractivity contribution in [3.63, 3.8) is 0 Å². The zero-order valence-electron chi connectivity index (χ0n) is 11.4. The van der Waals surface area contributed by atoms with Crippen molar-refractivity contribution in [3.8, 4) is 0 Å². The number of hydrogen-bond acceptors (Lipinski definition) is 9. The number of aliphatic hydroxyl groups is 2. The molecule has 0 radical (unpaired) electrons. The van der Waals surface area contributed by atoms with Crippen molar-refractivity contribution >= 4 is 24.6 Å². The van der Waals surface area contributed by atoms with E-state index in [1.54, 1.807) is 0 Å². The van der Waals surface area contributed by atoms with E-state index in [2.05, 4.69) is 20.3 Å². The molecule has 4 atom stereocenters. The molecule has 1 aliphatic heterocycles. The molecule has 0 aromatic carbocycles. The monoisotopic (exact) mass is 344 g/mol. The Labute approximate surface area is 128 Å². The highest BCUT2D eigenvalue weighted by Crippen LogP contribution is 2.38. The fourth-order valence-corrected chi connectivity index (χ4v) is 2.59. The molecule has 3 rings (SSSR count). The van der Waals surface area contributed by atoms with Gasteiger partial charge in [-0.2, -0.15) is 4.68 Å². The third-order valence-electron chi connectivity index (χ3n) is 3.28. The fourth-order valence-electron chi connectivity index (χ4n) is 2.20. The van der Waals surface area contributed by atoms with Crippen LogP contribution in [0.25, 0.3) is 11.2 Å². The van der Waals surface area contributed by atoms with Crippen molar-refractivity contribution < 1.29 is 29.3 Å². The Morgan fingerprint density at radius 3 is 2.74 bits per heavy atom. The highest BCUT2D eigenvalue weighted by atomic mass is 31.2. The van der Waals surface area contributed by atoms with Gasteiger partial charge in [-0.25, -0.2) is 9.97 Å². The van der Waals surface area contributed by atoms with Gasteiger partial charge >= 0.3 is 7.60 Å². The van der Waals surface area contributed by atoms with E-state index in [1.165, 1.54) is 6.33 Å². The molecule has 1 saturated heterocycles. The second-order valence-corrected chi connectivity index (χ2v) is 6.34. The molecule has 0 bridgehead atoms. The Kier molecular flexibility index (Phi) is 3.88.